The van der Waals surface area contributed by atoms with Crippen molar-refractivity contribution in [3.63, 3.8) is 0 Å². The van der Waals surface area contributed by atoms with Gasteiger partial charge in [0.05, 0.1) is 5.75 Å². The molecule has 1 aromatic rings. The summed E-state index contributed by atoms with van der Waals surface area (Å²) in [5, 5.41) is 11.2. The molecule has 90 valence electrons. The Morgan fingerprint density at radius 3 is 2.41 bits per heavy atom. The average molecular weight is 251 g/mol. The molecule has 0 bridgehead atoms. The minimum atomic E-state index is -0.852. The van der Waals surface area contributed by atoms with E-state index >= 15 is 0 Å². The highest BCUT2D eigenvalue weighted by Crippen LogP contribution is 2.20. The average Bonchev–Trinajstić information content (AvgIpc) is 2.28. The molecular formula is C12H13NO3S. The number of hydrogen-bond acceptors (Lipinski definition) is 3. The van der Waals surface area contributed by atoms with E-state index in [1.807, 2.05) is 0 Å². The van der Waals surface area contributed by atoms with Gasteiger partial charge < -0.3 is 10.4 Å². The van der Waals surface area contributed by atoms with Gasteiger partial charge in [-0.15, -0.1) is 11.8 Å². The van der Waals surface area contributed by atoms with E-state index in [1.54, 1.807) is 31.2 Å². The highest BCUT2D eigenvalue weighted by atomic mass is 32.2. The summed E-state index contributed by atoms with van der Waals surface area (Å²) in [5.41, 5.74) is 1.10. The lowest BCUT2D eigenvalue weighted by molar-refractivity contribution is -0.133. The molecule has 0 unspecified atom stereocenters. The highest BCUT2D eigenvalue weighted by molar-refractivity contribution is 8.00. The van der Waals surface area contributed by atoms with E-state index in [4.69, 9.17) is 5.11 Å². The molecule has 0 radical (unpaired) electrons. The molecule has 0 atom stereocenters. The van der Waals surface area contributed by atoms with Crippen molar-refractivity contribution in [2.24, 2.45) is 0 Å². The number of anilines is 1. The van der Waals surface area contributed by atoms with Gasteiger partial charge in [0.15, 0.2) is 0 Å². The van der Waals surface area contributed by atoms with Gasteiger partial charge in [-0.1, -0.05) is 6.58 Å². The number of hydrogen-bond donors (Lipinski definition) is 2. The van der Waals surface area contributed by atoms with Crippen LogP contribution in [0.5, 0.6) is 0 Å². The first-order valence-corrected chi connectivity index (χ1v) is 5.89. The van der Waals surface area contributed by atoms with E-state index in [2.05, 4.69) is 11.9 Å². The molecule has 2 N–H and O–H groups in total. The lowest BCUT2D eigenvalue weighted by atomic mass is 10.3. The Bertz CT molecular complexity index is 440. The second kappa shape index (κ2) is 6.10. The molecule has 5 heteroatoms. The van der Waals surface area contributed by atoms with Crippen LogP contribution in [0.1, 0.15) is 6.92 Å². The van der Waals surface area contributed by atoms with Crippen molar-refractivity contribution in [3.8, 4) is 0 Å². The zero-order valence-corrected chi connectivity index (χ0v) is 10.2. The van der Waals surface area contributed by atoms with Crippen molar-refractivity contribution in [2.75, 3.05) is 11.1 Å². The third-order valence-electron chi connectivity index (χ3n) is 1.86. The van der Waals surface area contributed by atoms with Gasteiger partial charge in [-0.3, -0.25) is 9.59 Å². The first-order valence-electron chi connectivity index (χ1n) is 4.90. The summed E-state index contributed by atoms with van der Waals surface area (Å²) in [6.07, 6.45) is 0. The maximum Gasteiger partial charge on any atom is 0.313 e. The van der Waals surface area contributed by atoms with Crippen LogP contribution in [0.15, 0.2) is 41.3 Å². The van der Waals surface area contributed by atoms with Crippen LogP contribution in [0.25, 0.3) is 0 Å². The Kier molecular flexibility index (Phi) is 4.78. The number of aliphatic carboxylic acids is 1. The van der Waals surface area contributed by atoms with Crippen LogP contribution in [-0.4, -0.2) is 22.7 Å². The predicted molar refractivity (Wildman–Crippen MR) is 68.2 cm³/mol. The van der Waals surface area contributed by atoms with Crippen molar-refractivity contribution >= 4 is 29.3 Å². The Balaban J connectivity index is 2.58. The van der Waals surface area contributed by atoms with E-state index in [1.165, 1.54) is 11.8 Å². The second-order valence-corrected chi connectivity index (χ2v) is 4.49. The number of nitrogens with one attached hydrogen (secondary N) is 1. The third-order valence-corrected chi connectivity index (χ3v) is 2.86. The fraction of sp³-hybridized carbons (Fsp3) is 0.167. The molecule has 0 aliphatic carbocycles. The molecule has 1 amide bonds. The molecule has 0 aliphatic rings. The van der Waals surface area contributed by atoms with Gasteiger partial charge in [-0.25, -0.2) is 0 Å². The number of carboxylic acid groups (broad SMARTS) is 1. The topological polar surface area (TPSA) is 66.4 Å². The number of carboxylic acids is 1. The Labute approximate surface area is 104 Å². The second-order valence-electron chi connectivity index (χ2n) is 3.44. The number of carbonyl (C=O) groups is 2. The maximum absolute atomic E-state index is 11.3. The van der Waals surface area contributed by atoms with Crippen molar-refractivity contribution in [3.05, 3.63) is 36.4 Å². The molecule has 0 heterocycles. The zero-order chi connectivity index (χ0) is 12.8. The molecule has 4 nitrogen and oxygen atoms in total. The lowest BCUT2D eigenvalue weighted by Gasteiger charge is -2.05. The summed E-state index contributed by atoms with van der Waals surface area (Å²) in [5.74, 6) is -1.05. The zero-order valence-electron chi connectivity index (χ0n) is 9.40. The van der Waals surface area contributed by atoms with Crippen LogP contribution < -0.4 is 5.32 Å². The number of rotatable bonds is 5. The minimum absolute atomic E-state index is 0.0253. The Morgan fingerprint density at radius 2 is 1.94 bits per heavy atom. The predicted octanol–water partition coefficient (Wildman–Crippen LogP) is 2.38. The lowest BCUT2D eigenvalue weighted by Crippen LogP contribution is -2.11. The SMILES string of the molecule is C=C(C)C(=O)Nc1ccc(SCC(=O)O)cc1. The number of carbonyl (C=O) groups excluding carboxylic acids is 1. The van der Waals surface area contributed by atoms with Gasteiger partial charge in [0, 0.05) is 16.2 Å². The smallest absolute Gasteiger partial charge is 0.313 e. The van der Waals surface area contributed by atoms with E-state index in [9.17, 15) is 9.59 Å². The van der Waals surface area contributed by atoms with Crippen molar-refractivity contribution in [1.29, 1.82) is 0 Å². The largest absolute Gasteiger partial charge is 0.481 e. The quantitative estimate of drug-likeness (QED) is 0.623. The van der Waals surface area contributed by atoms with Crippen LogP contribution >= 0.6 is 11.8 Å². The fourth-order valence-corrected chi connectivity index (χ4v) is 1.64. The summed E-state index contributed by atoms with van der Waals surface area (Å²) < 4.78 is 0. The molecule has 0 aromatic heterocycles. The van der Waals surface area contributed by atoms with E-state index in [0.29, 0.717) is 11.3 Å². The Morgan fingerprint density at radius 1 is 1.35 bits per heavy atom. The number of benzene rings is 1. The molecule has 1 aromatic carbocycles. The van der Waals surface area contributed by atoms with Crippen molar-refractivity contribution in [2.45, 2.75) is 11.8 Å². The monoisotopic (exact) mass is 251 g/mol. The van der Waals surface area contributed by atoms with Gasteiger partial charge >= 0.3 is 5.97 Å². The summed E-state index contributed by atoms with van der Waals surface area (Å²) in [6, 6.07) is 6.99. The van der Waals surface area contributed by atoms with E-state index in [-0.39, 0.29) is 11.7 Å². The van der Waals surface area contributed by atoms with Crippen LogP contribution in [0.4, 0.5) is 5.69 Å². The highest BCUT2D eigenvalue weighted by Gasteiger charge is 2.03. The molecule has 0 saturated carbocycles. The molecule has 0 saturated heterocycles. The summed E-state index contributed by atoms with van der Waals surface area (Å²) in [4.78, 5) is 22.5. The van der Waals surface area contributed by atoms with Gasteiger partial charge in [0.2, 0.25) is 0 Å². The van der Waals surface area contributed by atoms with Crippen molar-refractivity contribution in [1.82, 2.24) is 0 Å². The van der Waals surface area contributed by atoms with Crippen LogP contribution in [-0.2, 0) is 9.59 Å². The minimum Gasteiger partial charge on any atom is -0.481 e. The molecular weight excluding hydrogens is 238 g/mol. The van der Waals surface area contributed by atoms with Crippen molar-refractivity contribution < 1.29 is 14.7 Å². The maximum atomic E-state index is 11.3. The summed E-state index contributed by atoms with van der Waals surface area (Å²) >= 11 is 1.23. The van der Waals surface area contributed by atoms with Gasteiger partial charge in [0.1, 0.15) is 0 Å². The normalized spacial score (nSPS) is 9.71. The third kappa shape index (κ3) is 4.74. The summed E-state index contributed by atoms with van der Waals surface area (Å²) in [7, 11) is 0. The standard InChI is InChI=1S/C12H13NO3S/c1-8(2)12(16)13-9-3-5-10(6-4-9)17-7-11(14)15/h3-6H,1,7H2,2H3,(H,13,16)(H,14,15). The van der Waals surface area contributed by atoms with E-state index < -0.39 is 5.97 Å². The van der Waals surface area contributed by atoms with Gasteiger partial charge in [0.25, 0.3) is 5.91 Å². The molecule has 0 spiro atoms. The molecule has 17 heavy (non-hydrogen) atoms. The van der Waals surface area contributed by atoms with Crippen LogP contribution in [0.3, 0.4) is 0 Å². The first-order chi connectivity index (χ1) is 7.99. The fourth-order valence-electron chi connectivity index (χ4n) is 1.02. The molecule has 0 aliphatic heterocycles. The first kappa shape index (κ1) is 13.3. The number of thioether (sulfide) groups is 1. The Hall–Kier alpha value is -1.75. The molecule has 0 fully saturated rings. The number of amides is 1. The van der Waals surface area contributed by atoms with Crippen LogP contribution in [0.2, 0.25) is 0 Å². The van der Waals surface area contributed by atoms with E-state index in [0.717, 1.165) is 4.90 Å². The summed E-state index contributed by atoms with van der Waals surface area (Å²) in [6.45, 7) is 5.17. The van der Waals surface area contributed by atoms with Crippen LogP contribution in [0, 0.1) is 0 Å². The molecule has 1 rings (SSSR count). The van der Waals surface area contributed by atoms with Gasteiger partial charge in [-0.05, 0) is 31.2 Å². The van der Waals surface area contributed by atoms with Gasteiger partial charge in [-0.2, -0.15) is 0 Å².